The van der Waals surface area contributed by atoms with Gasteiger partial charge in [0.05, 0.1) is 0 Å². The Morgan fingerprint density at radius 2 is 1.90 bits per heavy atom. The van der Waals surface area contributed by atoms with Gasteiger partial charge in [-0.2, -0.15) is 0 Å². The Balaban J connectivity index is 0.00000240. The maximum atomic E-state index is 14.2. The summed E-state index contributed by atoms with van der Waals surface area (Å²) in [6, 6.07) is 11.3. The van der Waals surface area contributed by atoms with Crippen molar-refractivity contribution in [1.29, 1.82) is 0 Å². The smallest absolute Gasteiger partial charge is 0.191 e. The molecule has 1 aromatic carbocycles. The van der Waals surface area contributed by atoms with E-state index in [0.29, 0.717) is 13.1 Å². The second kappa shape index (κ2) is 9.73. The number of guanidine groups is 1. The molecule has 0 spiro atoms. The summed E-state index contributed by atoms with van der Waals surface area (Å²) in [6.07, 6.45) is 6.43. The fourth-order valence-electron chi connectivity index (χ4n) is 3.90. The molecule has 1 aliphatic heterocycles. The van der Waals surface area contributed by atoms with Gasteiger partial charge in [-0.3, -0.25) is 4.99 Å². The van der Waals surface area contributed by atoms with Crippen molar-refractivity contribution in [2.45, 2.75) is 37.6 Å². The van der Waals surface area contributed by atoms with Gasteiger partial charge in [0.25, 0.3) is 0 Å². The third-order valence-electron chi connectivity index (χ3n) is 5.82. The van der Waals surface area contributed by atoms with Crippen LogP contribution in [-0.2, 0) is 12.0 Å². The van der Waals surface area contributed by atoms with Crippen LogP contribution in [0.2, 0.25) is 0 Å². The molecule has 0 atom stereocenters. The van der Waals surface area contributed by atoms with Gasteiger partial charge in [-0.1, -0.05) is 24.3 Å². The van der Waals surface area contributed by atoms with Crippen LogP contribution >= 0.6 is 24.0 Å². The van der Waals surface area contributed by atoms with E-state index in [9.17, 15) is 4.39 Å². The van der Waals surface area contributed by atoms with Crippen LogP contribution in [-0.4, -0.2) is 37.6 Å². The lowest BCUT2D eigenvalue weighted by Gasteiger charge is -2.20. The molecule has 0 bridgehead atoms. The molecule has 156 valence electrons. The number of anilines is 1. The average Bonchev–Trinajstić information content (AvgIpc) is 3.31. The Labute approximate surface area is 189 Å². The lowest BCUT2D eigenvalue weighted by Crippen LogP contribution is -2.41. The van der Waals surface area contributed by atoms with Gasteiger partial charge in [-0.25, -0.2) is 9.37 Å². The van der Waals surface area contributed by atoms with Crippen molar-refractivity contribution in [2.75, 3.05) is 31.6 Å². The molecule has 1 aliphatic carbocycles. The van der Waals surface area contributed by atoms with Gasteiger partial charge in [0, 0.05) is 44.8 Å². The molecule has 0 radical (unpaired) electrons. The first kappa shape index (κ1) is 21.8. The number of halogens is 2. The van der Waals surface area contributed by atoms with Crippen LogP contribution < -0.4 is 15.5 Å². The number of hydrogen-bond acceptors (Lipinski definition) is 3. The van der Waals surface area contributed by atoms with Gasteiger partial charge in [0.2, 0.25) is 0 Å². The molecule has 1 saturated heterocycles. The van der Waals surface area contributed by atoms with Gasteiger partial charge < -0.3 is 15.5 Å². The van der Waals surface area contributed by atoms with Crippen LogP contribution in [0.15, 0.2) is 47.6 Å². The summed E-state index contributed by atoms with van der Waals surface area (Å²) in [5, 5.41) is 6.70. The van der Waals surface area contributed by atoms with Crippen molar-refractivity contribution in [1.82, 2.24) is 15.6 Å². The van der Waals surface area contributed by atoms with E-state index < -0.39 is 0 Å². The van der Waals surface area contributed by atoms with E-state index in [4.69, 9.17) is 0 Å². The van der Waals surface area contributed by atoms with Crippen LogP contribution in [0, 0.1) is 5.82 Å². The summed E-state index contributed by atoms with van der Waals surface area (Å²) in [7, 11) is 1.76. The maximum Gasteiger partial charge on any atom is 0.191 e. The Bertz CT molecular complexity index is 829. The first-order valence-corrected chi connectivity index (χ1v) is 10.1. The molecule has 1 saturated carbocycles. The van der Waals surface area contributed by atoms with E-state index >= 15 is 0 Å². The zero-order valence-electron chi connectivity index (χ0n) is 16.8. The van der Waals surface area contributed by atoms with E-state index in [-0.39, 0.29) is 35.2 Å². The highest BCUT2D eigenvalue weighted by Crippen LogP contribution is 2.48. The molecule has 2 aromatic rings. The Kier molecular flexibility index (Phi) is 7.32. The molecule has 5 nitrogen and oxygen atoms in total. The lowest BCUT2D eigenvalue weighted by molar-refractivity contribution is 0.559. The van der Waals surface area contributed by atoms with E-state index in [1.165, 1.54) is 12.8 Å². The van der Waals surface area contributed by atoms with Crippen molar-refractivity contribution in [3.63, 3.8) is 0 Å². The first-order valence-electron chi connectivity index (χ1n) is 10.1. The predicted octanol–water partition coefficient (Wildman–Crippen LogP) is 3.84. The second-order valence-electron chi connectivity index (χ2n) is 7.76. The molecule has 4 rings (SSSR count). The minimum atomic E-state index is -0.117. The molecule has 29 heavy (non-hydrogen) atoms. The number of nitrogens with zero attached hydrogens (tertiary/aromatic N) is 3. The summed E-state index contributed by atoms with van der Waals surface area (Å²) >= 11 is 0. The summed E-state index contributed by atoms with van der Waals surface area (Å²) in [6.45, 7) is 3.54. The van der Waals surface area contributed by atoms with Crippen molar-refractivity contribution in [3.05, 3.63) is 59.5 Å². The topological polar surface area (TPSA) is 52.6 Å². The molecule has 2 fully saturated rings. The van der Waals surface area contributed by atoms with Crippen molar-refractivity contribution < 1.29 is 4.39 Å². The molecular formula is C22H29FIN5. The van der Waals surface area contributed by atoms with E-state index in [2.05, 4.69) is 37.6 Å². The van der Waals surface area contributed by atoms with Crippen LogP contribution in [0.5, 0.6) is 0 Å². The third-order valence-corrected chi connectivity index (χ3v) is 5.82. The first-order chi connectivity index (χ1) is 13.7. The van der Waals surface area contributed by atoms with Crippen LogP contribution in [0.3, 0.4) is 0 Å². The van der Waals surface area contributed by atoms with Crippen molar-refractivity contribution in [3.8, 4) is 0 Å². The second-order valence-corrected chi connectivity index (χ2v) is 7.76. The van der Waals surface area contributed by atoms with Gasteiger partial charge in [-0.05, 0) is 48.9 Å². The minimum absolute atomic E-state index is 0. The maximum absolute atomic E-state index is 14.2. The summed E-state index contributed by atoms with van der Waals surface area (Å²) in [4.78, 5) is 11.2. The highest BCUT2D eigenvalue weighted by Gasteiger charge is 2.45. The van der Waals surface area contributed by atoms with Crippen LogP contribution in [0.4, 0.5) is 10.2 Å². The van der Waals surface area contributed by atoms with Gasteiger partial charge in [-0.15, -0.1) is 24.0 Å². The fraction of sp³-hybridized carbons (Fsp3) is 0.455. The number of aliphatic imine (C=N–C) groups is 1. The molecular weight excluding hydrogens is 480 g/mol. The van der Waals surface area contributed by atoms with Gasteiger partial charge >= 0.3 is 0 Å². The number of rotatable bonds is 6. The van der Waals surface area contributed by atoms with Gasteiger partial charge in [0.1, 0.15) is 11.6 Å². The predicted molar refractivity (Wildman–Crippen MR) is 127 cm³/mol. The summed E-state index contributed by atoms with van der Waals surface area (Å²) in [5.74, 6) is 1.67. The number of aromatic nitrogens is 1. The third kappa shape index (κ3) is 5.18. The SMILES string of the molecule is CN=C(NCc1ccc(N2CCCC2)nc1)NCC1(c2ccccc2F)CC1.I. The Hall–Kier alpha value is -1.90. The zero-order valence-corrected chi connectivity index (χ0v) is 19.2. The molecule has 0 unspecified atom stereocenters. The fourth-order valence-corrected chi connectivity index (χ4v) is 3.90. The Morgan fingerprint density at radius 3 is 2.52 bits per heavy atom. The van der Waals surface area contributed by atoms with Crippen LogP contribution in [0.1, 0.15) is 36.8 Å². The monoisotopic (exact) mass is 509 g/mol. The molecule has 0 amide bonds. The number of hydrogen-bond donors (Lipinski definition) is 2. The highest BCUT2D eigenvalue weighted by molar-refractivity contribution is 14.0. The highest BCUT2D eigenvalue weighted by atomic mass is 127. The largest absolute Gasteiger partial charge is 0.357 e. The molecule has 2 aliphatic rings. The van der Waals surface area contributed by atoms with E-state index in [1.54, 1.807) is 19.2 Å². The summed E-state index contributed by atoms with van der Waals surface area (Å²) < 4.78 is 14.2. The minimum Gasteiger partial charge on any atom is -0.357 e. The van der Waals surface area contributed by atoms with Crippen molar-refractivity contribution >= 4 is 35.8 Å². The number of pyridine rings is 1. The lowest BCUT2D eigenvalue weighted by atomic mass is 9.95. The standard InChI is InChI=1S/C22H28FN5.HI/c1-24-21(27-16-22(10-11-22)18-6-2-3-7-19(18)23)26-15-17-8-9-20(25-14-17)28-12-4-5-13-28;/h2-3,6-9,14H,4-5,10-13,15-16H2,1H3,(H2,24,26,27);1H. The molecule has 2 N–H and O–H groups in total. The molecule has 1 aromatic heterocycles. The molecule has 7 heteroatoms. The van der Waals surface area contributed by atoms with E-state index in [1.807, 2.05) is 18.3 Å². The molecule has 2 heterocycles. The van der Waals surface area contributed by atoms with Crippen LogP contribution in [0.25, 0.3) is 0 Å². The number of benzene rings is 1. The Morgan fingerprint density at radius 1 is 1.14 bits per heavy atom. The van der Waals surface area contributed by atoms with Crippen molar-refractivity contribution in [2.24, 2.45) is 4.99 Å². The number of nitrogens with one attached hydrogen (secondary N) is 2. The average molecular weight is 509 g/mol. The van der Waals surface area contributed by atoms with E-state index in [0.717, 1.165) is 48.8 Å². The zero-order chi connectivity index (χ0) is 19.4. The normalized spacial score (nSPS) is 17.6. The quantitative estimate of drug-likeness (QED) is 0.353. The van der Waals surface area contributed by atoms with Gasteiger partial charge in [0.15, 0.2) is 5.96 Å². The summed E-state index contributed by atoms with van der Waals surface area (Å²) in [5.41, 5.74) is 1.81.